The maximum Gasteiger partial charge on any atom is 0.329 e. The molecule has 1 aromatic carbocycles. The van der Waals surface area contributed by atoms with Crippen LogP contribution in [0.4, 0.5) is 0 Å². The van der Waals surface area contributed by atoms with Gasteiger partial charge in [0.25, 0.3) is 0 Å². The molecule has 1 fully saturated rings. The predicted molar refractivity (Wildman–Crippen MR) is 98.8 cm³/mol. The lowest BCUT2D eigenvalue weighted by Gasteiger charge is -2.26. The Labute approximate surface area is 152 Å². The Morgan fingerprint density at radius 3 is 2.64 bits per heavy atom. The van der Waals surface area contributed by atoms with Crippen LogP contribution in [0.3, 0.4) is 0 Å². The normalized spacial score (nSPS) is 15.2. The number of nitrogens with zero attached hydrogens (tertiary/aromatic N) is 2. The predicted octanol–water partition coefficient (Wildman–Crippen LogP) is 0.697. The van der Waals surface area contributed by atoms with Gasteiger partial charge in [0, 0.05) is 24.5 Å². The molecule has 1 aliphatic heterocycles. The molecule has 8 heteroatoms. The van der Waals surface area contributed by atoms with E-state index in [1.807, 2.05) is 30.5 Å². The molecule has 1 aromatic rings. The van der Waals surface area contributed by atoms with E-state index in [1.54, 1.807) is 11.8 Å². The van der Waals surface area contributed by atoms with Crippen molar-refractivity contribution in [2.75, 3.05) is 45.6 Å². The van der Waals surface area contributed by atoms with Gasteiger partial charge >= 0.3 is 11.8 Å². The largest absolute Gasteiger partial charge is 0.379 e. The van der Waals surface area contributed by atoms with Crippen molar-refractivity contribution in [2.45, 2.75) is 11.3 Å². The third-order valence-corrected chi connectivity index (χ3v) is 4.49. The van der Waals surface area contributed by atoms with Gasteiger partial charge in [-0.1, -0.05) is 12.1 Å². The molecule has 136 valence electrons. The lowest BCUT2D eigenvalue weighted by molar-refractivity contribution is -0.139. The van der Waals surface area contributed by atoms with E-state index in [4.69, 9.17) is 4.74 Å². The van der Waals surface area contributed by atoms with E-state index in [9.17, 15) is 9.59 Å². The molecule has 0 aliphatic carbocycles. The molecular formula is C17H24N4O3S. The maximum atomic E-state index is 11.7. The first kappa shape index (κ1) is 19.4. The zero-order chi connectivity index (χ0) is 17.9. The summed E-state index contributed by atoms with van der Waals surface area (Å²) in [5, 5.41) is 6.41. The van der Waals surface area contributed by atoms with Gasteiger partial charge in [-0.05, 0) is 36.9 Å². The summed E-state index contributed by atoms with van der Waals surface area (Å²) in [5.74, 6) is -1.43. The van der Waals surface area contributed by atoms with Crippen LogP contribution >= 0.6 is 11.8 Å². The third kappa shape index (κ3) is 7.25. The fourth-order valence-corrected chi connectivity index (χ4v) is 2.72. The Morgan fingerprint density at radius 2 is 1.96 bits per heavy atom. The second kappa shape index (κ2) is 10.9. The molecule has 7 nitrogen and oxygen atoms in total. The first-order valence-corrected chi connectivity index (χ1v) is 9.47. The zero-order valence-corrected chi connectivity index (χ0v) is 15.2. The number of amides is 2. The van der Waals surface area contributed by atoms with Gasteiger partial charge in [0.1, 0.15) is 0 Å². The Hall–Kier alpha value is -1.90. The summed E-state index contributed by atoms with van der Waals surface area (Å²) in [6.45, 7) is 4.70. The van der Waals surface area contributed by atoms with Crippen molar-refractivity contribution in [1.82, 2.24) is 15.6 Å². The lowest BCUT2D eigenvalue weighted by atomic mass is 10.2. The summed E-state index contributed by atoms with van der Waals surface area (Å²) in [4.78, 5) is 26.8. The monoisotopic (exact) mass is 364 g/mol. The van der Waals surface area contributed by atoms with Gasteiger partial charge in [-0.25, -0.2) is 5.43 Å². The van der Waals surface area contributed by atoms with E-state index in [-0.39, 0.29) is 0 Å². The number of hydrogen-bond acceptors (Lipinski definition) is 6. The molecule has 25 heavy (non-hydrogen) atoms. The standard InChI is InChI=1S/C17H24N4O3S/c1-25-15-5-3-14(4-6-15)13-19-20-17(23)16(22)18-7-2-8-21-9-11-24-12-10-21/h3-6,13H,2,7-12H2,1H3,(H,18,22)(H,20,23). The van der Waals surface area contributed by atoms with Gasteiger partial charge in [0.15, 0.2) is 0 Å². The molecule has 0 unspecified atom stereocenters. The third-order valence-electron chi connectivity index (χ3n) is 3.74. The summed E-state index contributed by atoms with van der Waals surface area (Å²) in [5.41, 5.74) is 3.09. The maximum absolute atomic E-state index is 11.7. The number of rotatable bonds is 7. The van der Waals surface area contributed by atoms with Gasteiger partial charge < -0.3 is 10.1 Å². The van der Waals surface area contributed by atoms with Gasteiger partial charge in [-0.2, -0.15) is 5.10 Å². The van der Waals surface area contributed by atoms with Crippen LogP contribution in [0.25, 0.3) is 0 Å². The van der Waals surface area contributed by atoms with Gasteiger partial charge in [0.2, 0.25) is 0 Å². The number of carbonyl (C=O) groups is 2. The quantitative estimate of drug-likeness (QED) is 0.245. The summed E-state index contributed by atoms with van der Waals surface area (Å²) >= 11 is 1.65. The minimum atomic E-state index is -0.761. The van der Waals surface area contributed by atoms with Crippen molar-refractivity contribution in [2.24, 2.45) is 5.10 Å². The molecule has 0 aromatic heterocycles. The Bertz CT molecular complexity index is 586. The van der Waals surface area contributed by atoms with Crippen molar-refractivity contribution in [3.8, 4) is 0 Å². The minimum Gasteiger partial charge on any atom is -0.379 e. The summed E-state index contributed by atoms with van der Waals surface area (Å²) in [6, 6.07) is 7.73. The van der Waals surface area contributed by atoms with Crippen LogP contribution in [0.15, 0.2) is 34.3 Å². The molecule has 2 rings (SSSR count). The Balaban J connectivity index is 1.62. The van der Waals surface area contributed by atoms with Crippen LogP contribution in [0.1, 0.15) is 12.0 Å². The molecule has 1 aliphatic rings. The molecule has 0 saturated carbocycles. The highest BCUT2D eigenvalue weighted by Gasteiger charge is 2.13. The summed E-state index contributed by atoms with van der Waals surface area (Å²) < 4.78 is 5.28. The van der Waals surface area contributed by atoms with E-state index in [2.05, 4.69) is 20.7 Å². The highest BCUT2D eigenvalue weighted by molar-refractivity contribution is 7.98. The Morgan fingerprint density at radius 1 is 1.24 bits per heavy atom. The van der Waals surface area contributed by atoms with Crippen molar-refractivity contribution < 1.29 is 14.3 Å². The molecular weight excluding hydrogens is 340 g/mol. The average Bonchev–Trinajstić information content (AvgIpc) is 2.66. The SMILES string of the molecule is CSc1ccc(C=NNC(=O)C(=O)NCCCN2CCOCC2)cc1. The van der Waals surface area contributed by atoms with Crippen molar-refractivity contribution >= 4 is 29.8 Å². The van der Waals surface area contributed by atoms with Crippen LogP contribution in [0.5, 0.6) is 0 Å². The van der Waals surface area contributed by atoms with Gasteiger partial charge in [0.05, 0.1) is 19.4 Å². The molecule has 1 saturated heterocycles. The second-order valence-corrected chi connectivity index (χ2v) is 6.42. The highest BCUT2D eigenvalue weighted by atomic mass is 32.2. The second-order valence-electron chi connectivity index (χ2n) is 5.54. The lowest BCUT2D eigenvalue weighted by Crippen LogP contribution is -2.40. The Kier molecular flexibility index (Phi) is 8.44. The molecule has 1 heterocycles. The van der Waals surface area contributed by atoms with Crippen molar-refractivity contribution in [3.63, 3.8) is 0 Å². The fourth-order valence-electron chi connectivity index (χ4n) is 2.32. The number of thioether (sulfide) groups is 1. The minimum absolute atomic E-state index is 0.462. The number of benzene rings is 1. The van der Waals surface area contributed by atoms with Gasteiger partial charge in [-0.3, -0.25) is 14.5 Å². The number of nitrogens with one attached hydrogen (secondary N) is 2. The first-order chi connectivity index (χ1) is 12.2. The van der Waals surface area contributed by atoms with Crippen LogP contribution in [-0.2, 0) is 14.3 Å². The number of ether oxygens (including phenoxy) is 1. The van der Waals surface area contributed by atoms with Crippen molar-refractivity contribution in [1.29, 1.82) is 0 Å². The number of hydrazone groups is 1. The van der Waals surface area contributed by atoms with E-state index < -0.39 is 11.8 Å². The summed E-state index contributed by atoms with van der Waals surface area (Å²) in [7, 11) is 0. The smallest absolute Gasteiger partial charge is 0.329 e. The van der Waals surface area contributed by atoms with E-state index in [0.717, 1.165) is 49.7 Å². The van der Waals surface area contributed by atoms with Crippen LogP contribution in [0.2, 0.25) is 0 Å². The molecule has 2 N–H and O–H groups in total. The van der Waals surface area contributed by atoms with E-state index in [1.165, 1.54) is 6.21 Å². The molecule has 0 spiro atoms. The topological polar surface area (TPSA) is 83.0 Å². The summed E-state index contributed by atoms with van der Waals surface area (Å²) in [6.07, 6.45) is 4.31. The first-order valence-electron chi connectivity index (χ1n) is 8.24. The van der Waals surface area contributed by atoms with Crippen LogP contribution < -0.4 is 10.7 Å². The van der Waals surface area contributed by atoms with Crippen molar-refractivity contribution in [3.05, 3.63) is 29.8 Å². The zero-order valence-electron chi connectivity index (χ0n) is 14.4. The average molecular weight is 364 g/mol. The van der Waals surface area contributed by atoms with Gasteiger partial charge in [-0.15, -0.1) is 11.8 Å². The number of hydrogen-bond donors (Lipinski definition) is 2. The number of carbonyl (C=O) groups excluding carboxylic acids is 2. The molecule has 0 atom stereocenters. The fraction of sp³-hybridized carbons (Fsp3) is 0.471. The van der Waals surface area contributed by atoms with Crippen LogP contribution in [0, 0.1) is 0 Å². The van der Waals surface area contributed by atoms with Crippen LogP contribution in [-0.4, -0.2) is 68.6 Å². The molecule has 2 amide bonds. The molecule has 0 radical (unpaired) electrons. The molecule has 0 bridgehead atoms. The van der Waals surface area contributed by atoms with E-state index in [0.29, 0.717) is 6.54 Å². The van der Waals surface area contributed by atoms with E-state index >= 15 is 0 Å². The highest BCUT2D eigenvalue weighted by Crippen LogP contribution is 2.13. The number of morpholine rings is 1.